The first-order chi connectivity index (χ1) is 8.45. The molecule has 0 spiro atoms. The maximum Gasteiger partial charge on any atom is 0.0648 e. The molecule has 2 heterocycles. The Morgan fingerprint density at radius 2 is 1.88 bits per heavy atom. The summed E-state index contributed by atoms with van der Waals surface area (Å²) in [6, 6.07) is 8.59. The lowest BCUT2D eigenvalue weighted by molar-refractivity contribution is 1.08. The second-order valence-corrected chi connectivity index (χ2v) is 6.14. The summed E-state index contributed by atoms with van der Waals surface area (Å²) in [6.45, 7) is 0. The Kier molecular flexibility index (Phi) is 3.43. The number of fused-ring (bicyclic) bond motifs is 1. The second-order valence-electron chi connectivity index (χ2n) is 3.99. The fourth-order valence-electron chi connectivity index (χ4n) is 2.02. The second kappa shape index (κ2) is 5.19. The van der Waals surface area contributed by atoms with Crippen molar-refractivity contribution < 1.29 is 0 Å². The lowest BCUT2D eigenvalue weighted by atomic mass is 10.1. The Balaban J connectivity index is 2.03. The Morgan fingerprint density at radius 1 is 1.06 bits per heavy atom. The van der Waals surface area contributed by atoms with Crippen molar-refractivity contribution in [3.63, 3.8) is 0 Å². The van der Waals surface area contributed by atoms with Crippen LogP contribution in [0.25, 0.3) is 10.8 Å². The maximum atomic E-state index is 4.19. The molecule has 1 aliphatic rings. The molecule has 0 aliphatic carbocycles. The summed E-state index contributed by atoms with van der Waals surface area (Å²) in [5, 5.41) is 2.54. The van der Waals surface area contributed by atoms with Crippen LogP contribution in [0.15, 0.2) is 36.7 Å². The smallest absolute Gasteiger partial charge is 0.0648 e. The molecule has 1 aromatic carbocycles. The van der Waals surface area contributed by atoms with Crippen LogP contribution < -0.4 is 4.90 Å². The van der Waals surface area contributed by atoms with Crippen LogP contribution in [-0.2, 0) is 0 Å². The minimum atomic E-state index is 1.09. The minimum Gasteiger partial charge on any atom is -0.353 e. The number of aromatic nitrogens is 1. The SMILES string of the molecule is c1cc(N2CSCCSC2)c2ccncc2c1. The van der Waals surface area contributed by atoms with Gasteiger partial charge in [-0.1, -0.05) is 12.1 Å². The average Bonchev–Trinajstić information content (AvgIpc) is 2.67. The molecule has 0 bridgehead atoms. The van der Waals surface area contributed by atoms with Gasteiger partial charge in [0.1, 0.15) is 0 Å². The largest absolute Gasteiger partial charge is 0.353 e. The van der Waals surface area contributed by atoms with Gasteiger partial charge in [0.25, 0.3) is 0 Å². The summed E-state index contributed by atoms with van der Waals surface area (Å²) in [7, 11) is 0. The van der Waals surface area contributed by atoms with Gasteiger partial charge in [0, 0.05) is 40.4 Å². The summed E-state index contributed by atoms with van der Waals surface area (Å²) >= 11 is 4.03. The Morgan fingerprint density at radius 3 is 2.71 bits per heavy atom. The van der Waals surface area contributed by atoms with Crippen LogP contribution in [0, 0.1) is 0 Å². The van der Waals surface area contributed by atoms with E-state index in [2.05, 4.69) is 34.1 Å². The van der Waals surface area contributed by atoms with Crippen LogP contribution in [0.3, 0.4) is 0 Å². The van der Waals surface area contributed by atoms with Crippen molar-refractivity contribution in [3.8, 4) is 0 Å². The molecule has 0 amide bonds. The van der Waals surface area contributed by atoms with E-state index >= 15 is 0 Å². The molecular formula is C13H14N2S2. The summed E-state index contributed by atoms with van der Waals surface area (Å²) in [5.41, 5.74) is 1.34. The molecule has 1 aliphatic heterocycles. The van der Waals surface area contributed by atoms with E-state index in [4.69, 9.17) is 0 Å². The third kappa shape index (κ3) is 2.38. The number of hydrogen-bond donors (Lipinski definition) is 0. The highest BCUT2D eigenvalue weighted by atomic mass is 32.2. The minimum absolute atomic E-state index is 1.09. The molecule has 3 rings (SSSR count). The first-order valence-electron chi connectivity index (χ1n) is 5.68. The van der Waals surface area contributed by atoms with Crippen LogP contribution >= 0.6 is 23.5 Å². The number of benzene rings is 1. The van der Waals surface area contributed by atoms with Crippen LogP contribution in [0.2, 0.25) is 0 Å². The van der Waals surface area contributed by atoms with Gasteiger partial charge in [-0.3, -0.25) is 4.98 Å². The number of rotatable bonds is 1. The fraction of sp³-hybridized carbons (Fsp3) is 0.308. The van der Waals surface area contributed by atoms with E-state index in [1.807, 2.05) is 35.9 Å². The summed E-state index contributed by atoms with van der Waals surface area (Å²) in [5.74, 6) is 4.70. The number of hydrogen-bond acceptors (Lipinski definition) is 4. The van der Waals surface area contributed by atoms with E-state index in [-0.39, 0.29) is 0 Å². The normalized spacial score (nSPS) is 17.1. The lowest BCUT2D eigenvalue weighted by Crippen LogP contribution is -2.20. The van der Waals surface area contributed by atoms with Gasteiger partial charge in [-0.05, 0) is 12.1 Å². The molecule has 1 saturated heterocycles. The standard InChI is InChI=1S/C13H14N2S2/c1-2-11-8-14-5-4-12(11)13(3-1)15-9-16-6-7-17-10-15/h1-5,8H,6-7,9-10H2. The van der Waals surface area contributed by atoms with Crippen molar-refractivity contribution in [2.45, 2.75) is 0 Å². The van der Waals surface area contributed by atoms with Crippen molar-refractivity contribution >= 4 is 40.0 Å². The van der Waals surface area contributed by atoms with E-state index in [9.17, 15) is 0 Å². The molecule has 0 N–H and O–H groups in total. The van der Waals surface area contributed by atoms with Gasteiger partial charge in [-0.25, -0.2) is 0 Å². The van der Waals surface area contributed by atoms with E-state index < -0.39 is 0 Å². The molecule has 0 saturated carbocycles. The van der Waals surface area contributed by atoms with Crippen LogP contribution in [-0.4, -0.2) is 28.2 Å². The van der Waals surface area contributed by atoms with E-state index in [1.165, 1.54) is 28.0 Å². The highest BCUT2D eigenvalue weighted by molar-refractivity contribution is 8.03. The number of nitrogens with zero attached hydrogens (tertiary/aromatic N) is 2. The van der Waals surface area contributed by atoms with Gasteiger partial charge in [-0.15, -0.1) is 23.5 Å². The molecule has 0 radical (unpaired) electrons. The number of anilines is 1. The van der Waals surface area contributed by atoms with Gasteiger partial charge in [0.15, 0.2) is 0 Å². The van der Waals surface area contributed by atoms with Gasteiger partial charge < -0.3 is 4.90 Å². The van der Waals surface area contributed by atoms with Gasteiger partial charge in [0.05, 0.1) is 11.8 Å². The van der Waals surface area contributed by atoms with Crippen molar-refractivity contribution in [2.75, 3.05) is 28.2 Å². The predicted octanol–water partition coefficient (Wildman–Crippen LogP) is 3.44. The van der Waals surface area contributed by atoms with Gasteiger partial charge in [-0.2, -0.15) is 0 Å². The third-order valence-corrected chi connectivity index (χ3v) is 5.10. The van der Waals surface area contributed by atoms with Crippen molar-refractivity contribution in [1.29, 1.82) is 0 Å². The van der Waals surface area contributed by atoms with Crippen LogP contribution in [0.1, 0.15) is 0 Å². The maximum absolute atomic E-state index is 4.19. The summed E-state index contributed by atoms with van der Waals surface area (Å²) in [4.78, 5) is 6.65. The molecule has 1 aromatic heterocycles. The van der Waals surface area contributed by atoms with Gasteiger partial charge in [0.2, 0.25) is 0 Å². The molecule has 4 heteroatoms. The molecule has 0 unspecified atom stereocenters. The quantitative estimate of drug-likeness (QED) is 0.782. The molecule has 17 heavy (non-hydrogen) atoms. The van der Waals surface area contributed by atoms with Crippen molar-refractivity contribution in [1.82, 2.24) is 4.98 Å². The highest BCUT2D eigenvalue weighted by Crippen LogP contribution is 2.30. The zero-order chi connectivity index (χ0) is 11.5. The van der Waals surface area contributed by atoms with Gasteiger partial charge >= 0.3 is 0 Å². The molecule has 88 valence electrons. The molecular weight excluding hydrogens is 248 g/mol. The predicted molar refractivity (Wildman–Crippen MR) is 78.9 cm³/mol. The van der Waals surface area contributed by atoms with E-state index in [0.717, 1.165) is 11.8 Å². The number of thioether (sulfide) groups is 2. The Hall–Kier alpha value is -0.870. The fourth-order valence-corrected chi connectivity index (χ4v) is 4.24. The third-order valence-electron chi connectivity index (χ3n) is 2.86. The molecule has 2 nitrogen and oxygen atoms in total. The molecule has 2 aromatic rings. The van der Waals surface area contributed by atoms with E-state index in [1.54, 1.807) is 0 Å². The zero-order valence-corrected chi connectivity index (χ0v) is 11.1. The topological polar surface area (TPSA) is 16.1 Å². The molecule has 1 fully saturated rings. The summed E-state index contributed by atoms with van der Waals surface area (Å²) < 4.78 is 0. The van der Waals surface area contributed by atoms with E-state index in [0.29, 0.717) is 0 Å². The Labute approximate surface area is 110 Å². The average molecular weight is 262 g/mol. The van der Waals surface area contributed by atoms with Crippen molar-refractivity contribution in [3.05, 3.63) is 36.7 Å². The van der Waals surface area contributed by atoms with Crippen LogP contribution in [0.4, 0.5) is 5.69 Å². The lowest BCUT2D eigenvalue weighted by Gasteiger charge is -2.23. The Bertz CT molecular complexity index is 502. The van der Waals surface area contributed by atoms with Crippen molar-refractivity contribution in [2.24, 2.45) is 0 Å². The highest BCUT2D eigenvalue weighted by Gasteiger charge is 2.12. The molecule has 0 atom stereocenters. The first-order valence-corrected chi connectivity index (χ1v) is 7.99. The summed E-state index contributed by atoms with van der Waals surface area (Å²) in [6.07, 6.45) is 3.82. The van der Waals surface area contributed by atoms with Crippen LogP contribution in [0.5, 0.6) is 0 Å². The first kappa shape index (κ1) is 11.2. The monoisotopic (exact) mass is 262 g/mol. The number of pyridine rings is 1. The zero-order valence-electron chi connectivity index (χ0n) is 9.50.